The standard InChI is InChI=1S/C20H28N4O2/c1-15-3-2-4-19-22-17(11-20(25)24(15)19)13-23-9-6-16(7-10-23)14-26-18-5-8-21-12-18/h2-4,11,16,18,21H,5-10,12-14H2,1H3. The first kappa shape index (κ1) is 17.6. The van der Waals surface area contributed by atoms with E-state index in [1.165, 1.54) is 0 Å². The summed E-state index contributed by atoms with van der Waals surface area (Å²) >= 11 is 0. The fourth-order valence-electron chi connectivity index (χ4n) is 4.03. The summed E-state index contributed by atoms with van der Waals surface area (Å²) in [5, 5.41) is 3.35. The summed E-state index contributed by atoms with van der Waals surface area (Å²) in [4.78, 5) is 19.5. The SMILES string of the molecule is Cc1cccc2nc(CN3CCC(COC4CCNC4)CC3)cc(=O)n12. The molecule has 1 atom stereocenters. The topological polar surface area (TPSA) is 58.9 Å². The third kappa shape index (κ3) is 3.98. The van der Waals surface area contributed by atoms with E-state index in [4.69, 9.17) is 4.74 Å². The van der Waals surface area contributed by atoms with Gasteiger partial charge in [-0.25, -0.2) is 4.98 Å². The van der Waals surface area contributed by atoms with E-state index in [0.717, 1.165) is 75.6 Å². The molecule has 2 fully saturated rings. The third-order valence-corrected chi connectivity index (χ3v) is 5.61. The number of likely N-dealkylation sites (tertiary alicyclic amines) is 1. The van der Waals surface area contributed by atoms with E-state index in [1.807, 2.05) is 25.1 Å². The molecule has 0 spiro atoms. The molecule has 1 N–H and O–H groups in total. The van der Waals surface area contributed by atoms with E-state index >= 15 is 0 Å². The normalized spacial score (nSPS) is 22.3. The summed E-state index contributed by atoms with van der Waals surface area (Å²) in [6, 6.07) is 7.47. The largest absolute Gasteiger partial charge is 0.377 e. The minimum Gasteiger partial charge on any atom is -0.377 e. The number of rotatable bonds is 5. The minimum atomic E-state index is 0.0107. The zero-order valence-corrected chi connectivity index (χ0v) is 15.5. The zero-order chi connectivity index (χ0) is 17.9. The number of aryl methyl sites for hydroxylation is 1. The number of hydrogen-bond donors (Lipinski definition) is 1. The molecule has 6 heteroatoms. The van der Waals surface area contributed by atoms with Gasteiger partial charge in [-0.2, -0.15) is 0 Å². The molecule has 0 saturated carbocycles. The Balaban J connectivity index is 1.33. The number of nitrogens with one attached hydrogen (secondary N) is 1. The predicted octanol–water partition coefficient (Wildman–Crippen LogP) is 1.59. The Kier molecular flexibility index (Phi) is 5.33. The Morgan fingerprint density at radius 2 is 2.12 bits per heavy atom. The Labute approximate surface area is 154 Å². The Hall–Kier alpha value is -1.76. The van der Waals surface area contributed by atoms with E-state index in [2.05, 4.69) is 15.2 Å². The highest BCUT2D eigenvalue weighted by Gasteiger charge is 2.22. The Morgan fingerprint density at radius 1 is 1.27 bits per heavy atom. The van der Waals surface area contributed by atoms with Crippen molar-refractivity contribution >= 4 is 5.65 Å². The maximum atomic E-state index is 12.4. The van der Waals surface area contributed by atoms with Crippen molar-refractivity contribution in [3.63, 3.8) is 0 Å². The molecule has 2 aliphatic heterocycles. The molecule has 140 valence electrons. The molecular formula is C20H28N4O2. The number of piperidine rings is 1. The third-order valence-electron chi connectivity index (χ3n) is 5.61. The van der Waals surface area contributed by atoms with Crippen molar-refractivity contribution in [2.75, 3.05) is 32.8 Å². The van der Waals surface area contributed by atoms with Crippen molar-refractivity contribution in [2.24, 2.45) is 5.92 Å². The summed E-state index contributed by atoms with van der Waals surface area (Å²) in [6.45, 7) is 7.75. The van der Waals surface area contributed by atoms with Crippen LogP contribution in [0, 0.1) is 12.8 Å². The van der Waals surface area contributed by atoms with Gasteiger partial charge in [0.1, 0.15) is 5.65 Å². The number of pyridine rings is 1. The van der Waals surface area contributed by atoms with Crippen LogP contribution in [-0.4, -0.2) is 53.2 Å². The first-order valence-electron chi connectivity index (χ1n) is 9.72. The van der Waals surface area contributed by atoms with Crippen LogP contribution in [-0.2, 0) is 11.3 Å². The van der Waals surface area contributed by atoms with Gasteiger partial charge in [-0.15, -0.1) is 0 Å². The van der Waals surface area contributed by atoms with Gasteiger partial charge >= 0.3 is 0 Å². The fourth-order valence-corrected chi connectivity index (χ4v) is 4.03. The first-order valence-corrected chi connectivity index (χ1v) is 9.72. The average molecular weight is 356 g/mol. The van der Waals surface area contributed by atoms with Gasteiger partial charge in [0, 0.05) is 31.5 Å². The molecule has 4 heterocycles. The van der Waals surface area contributed by atoms with Gasteiger partial charge in [-0.05, 0) is 63.9 Å². The summed E-state index contributed by atoms with van der Waals surface area (Å²) in [7, 11) is 0. The van der Waals surface area contributed by atoms with Crippen molar-refractivity contribution in [2.45, 2.75) is 38.8 Å². The quantitative estimate of drug-likeness (QED) is 0.882. The first-order chi connectivity index (χ1) is 12.7. The molecule has 0 aromatic carbocycles. The molecule has 26 heavy (non-hydrogen) atoms. The van der Waals surface area contributed by atoms with Crippen LogP contribution in [0.25, 0.3) is 5.65 Å². The number of aromatic nitrogens is 2. The van der Waals surface area contributed by atoms with Gasteiger partial charge in [0.05, 0.1) is 11.8 Å². The predicted molar refractivity (Wildman–Crippen MR) is 101 cm³/mol. The molecule has 2 aliphatic rings. The van der Waals surface area contributed by atoms with E-state index < -0.39 is 0 Å². The van der Waals surface area contributed by atoms with Gasteiger partial charge in [0.2, 0.25) is 0 Å². The van der Waals surface area contributed by atoms with Crippen LogP contribution < -0.4 is 10.9 Å². The van der Waals surface area contributed by atoms with Crippen LogP contribution in [0.2, 0.25) is 0 Å². The molecule has 2 aromatic rings. The maximum Gasteiger partial charge on any atom is 0.258 e. The van der Waals surface area contributed by atoms with Crippen molar-refractivity contribution in [3.05, 3.63) is 46.0 Å². The lowest BCUT2D eigenvalue weighted by molar-refractivity contribution is 0.0216. The molecule has 4 rings (SSSR count). The molecular weight excluding hydrogens is 328 g/mol. The Bertz CT molecular complexity index is 805. The second kappa shape index (κ2) is 7.86. The van der Waals surface area contributed by atoms with Crippen LogP contribution in [0.15, 0.2) is 29.1 Å². The molecule has 2 aromatic heterocycles. The van der Waals surface area contributed by atoms with Crippen LogP contribution in [0.3, 0.4) is 0 Å². The smallest absolute Gasteiger partial charge is 0.258 e. The number of fused-ring (bicyclic) bond motifs is 1. The second-order valence-electron chi connectivity index (χ2n) is 7.61. The maximum absolute atomic E-state index is 12.4. The lowest BCUT2D eigenvalue weighted by Gasteiger charge is -2.32. The minimum absolute atomic E-state index is 0.0107. The van der Waals surface area contributed by atoms with Gasteiger partial charge in [0.15, 0.2) is 0 Å². The second-order valence-corrected chi connectivity index (χ2v) is 7.61. The number of hydrogen-bond acceptors (Lipinski definition) is 5. The molecule has 0 radical (unpaired) electrons. The van der Waals surface area contributed by atoms with Crippen molar-refractivity contribution in [3.8, 4) is 0 Å². The van der Waals surface area contributed by atoms with Crippen LogP contribution >= 0.6 is 0 Å². The lowest BCUT2D eigenvalue weighted by Crippen LogP contribution is -2.36. The van der Waals surface area contributed by atoms with Gasteiger partial charge in [-0.3, -0.25) is 14.1 Å². The monoisotopic (exact) mass is 356 g/mol. The van der Waals surface area contributed by atoms with Crippen molar-refractivity contribution in [1.29, 1.82) is 0 Å². The van der Waals surface area contributed by atoms with Gasteiger partial charge in [-0.1, -0.05) is 6.07 Å². The van der Waals surface area contributed by atoms with Crippen LogP contribution in [0.5, 0.6) is 0 Å². The lowest BCUT2D eigenvalue weighted by atomic mass is 9.97. The van der Waals surface area contributed by atoms with Gasteiger partial charge < -0.3 is 10.1 Å². The fraction of sp³-hybridized carbons (Fsp3) is 0.600. The molecule has 1 unspecified atom stereocenters. The highest BCUT2D eigenvalue weighted by atomic mass is 16.5. The summed E-state index contributed by atoms with van der Waals surface area (Å²) in [5.41, 5.74) is 2.54. The average Bonchev–Trinajstić information content (AvgIpc) is 3.14. The number of ether oxygens (including phenoxy) is 1. The zero-order valence-electron chi connectivity index (χ0n) is 15.5. The van der Waals surface area contributed by atoms with Crippen LogP contribution in [0.4, 0.5) is 0 Å². The molecule has 0 bridgehead atoms. The van der Waals surface area contributed by atoms with Crippen molar-refractivity contribution in [1.82, 2.24) is 19.6 Å². The summed E-state index contributed by atoms with van der Waals surface area (Å²) < 4.78 is 7.71. The Morgan fingerprint density at radius 3 is 2.88 bits per heavy atom. The highest BCUT2D eigenvalue weighted by Crippen LogP contribution is 2.20. The van der Waals surface area contributed by atoms with E-state index in [0.29, 0.717) is 12.0 Å². The van der Waals surface area contributed by atoms with Crippen molar-refractivity contribution < 1.29 is 4.74 Å². The summed E-state index contributed by atoms with van der Waals surface area (Å²) in [5.74, 6) is 0.657. The summed E-state index contributed by atoms with van der Waals surface area (Å²) in [6.07, 6.45) is 3.87. The molecule has 6 nitrogen and oxygen atoms in total. The van der Waals surface area contributed by atoms with E-state index in [-0.39, 0.29) is 5.56 Å². The van der Waals surface area contributed by atoms with E-state index in [1.54, 1.807) is 10.5 Å². The number of nitrogens with zero attached hydrogens (tertiary/aromatic N) is 3. The molecule has 2 saturated heterocycles. The van der Waals surface area contributed by atoms with Crippen LogP contribution in [0.1, 0.15) is 30.7 Å². The van der Waals surface area contributed by atoms with E-state index in [9.17, 15) is 4.79 Å². The molecule has 0 aliphatic carbocycles. The highest BCUT2D eigenvalue weighted by molar-refractivity contribution is 5.40. The molecule has 0 amide bonds. The van der Waals surface area contributed by atoms with Gasteiger partial charge in [0.25, 0.3) is 5.56 Å².